The van der Waals surface area contributed by atoms with Crippen LogP contribution in [0.15, 0.2) is 24.3 Å². The number of benzene rings is 1. The summed E-state index contributed by atoms with van der Waals surface area (Å²) < 4.78 is 39.0. The van der Waals surface area contributed by atoms with E-state index in [0.29, 0.717) is 0 Å². The largest absolute Gasteiger partial charge is 0.573 e. The minimum Gasteiger partial charge on any atom is -0.406 e. The Kier molecular flexibility index (Phi) is 3.00. The fraction of sp³-hybridized carbons (Fsp3) is 0.333. The molecule has 0 bridgehead atoms. The van der Waals surface area contributed by atoms with Crippen molar-refractivity contribution in [3.63, 3.8) is 0 Å². The number of alkyl halides is 3. The van der Waals surface area contributed by atoms with E-state index in [0.717, 1.165) is 5.56 Å². The van der Waals surface area contributed by atoms with Crippen LogP contribution in [0.4, 0.5) is 13.2 Å². The van der Waals surface area contributed by atoms with Crippen LogP contribution in [-0.2, 0) is 0 Å². The van der Waals surface area contributed by atoms with Crippen molar-refractivity contribution in [2.75, 3.05) is 0 Å². The van der Waals surface area contributed by atoms with Gasteiger partial charge in [-0.15, -0.1) is 13.2 Å². The number of hydrogen-bond donors (Lipinski definition) is 1. The molecule has 1 aromatic carbocycles. The third-order valence-corrected chi connectivity index (χ3v) is 1.64. The average Bonchev–Trinajstić information content (AvgIpc) is 2.02. The molecular weight excluding hydrogens is 195 g/mol. The molecule has 0 fully saturated rings. The highest BCUT2D eigenvalue weighted by Crippen LogP contribution is 2.23. The summed E-state index contributed by atoms with van der Waals surface area (Å²) in [5.74, 6) is -0.234. The number of nitrogens with two attached hydrogens (primary N) is 1. The van der Waals surface area contributed by atoms with Gasteiger partial charge in [0.25, 0.3) is 0 Å². The van der Waals surface area contributed by atoms with Crippen molar-refractivity contribution in [1.29, 1.82) is 0 Å². The normalized spacial score (nSPS) is 13.8. The summed E-state index contributed by atoms with van der Waals surface area (Å²) in [6.07, 6.45) is -4.64. The van der Waals surface area contributed by atoms with Gasteiger partial charge in [-0.05, 0) is 24.6 Å². The lowest BCUT2D eigenvalue weighted by atomic mass is 10.1. The van der Waals surface area contributed by atoms with Crippen molar-refractivity contribution in [2.24, 2.45) is 5.73 Å². The van der Waals surface area contributed by atoms with Crippen LogP contribution in [0.5, 0.6) is 5.75 Å². The first-order chi connectivity index (χ1) is 6.38. The number of ether oxygens (including phenoxy) is 1. The van der Waals surface area contributed by atoms with Crippen LogP contribution < -0.4 is 10.5 Å². The van der Waals surface area contributed by atoms with Crippen LogP contribution in [0.2, 0.25) is 0 Å². The second-order valence-corrected chi connectivity index (χ2v) is 2.91. The number of rotatable bonds is 2. The summed E-state index contributed by atoms with van der Waals surface area (Å²) in [4.78, 5) is 0. The third-order valence-electron chi connectivity index (χ3n) is 1.64. The molecule has 0 spiro atoms. The molecule has 14 heavy (non-hydrogen) atoms. The Morgan fingerprint density at radius 2 is 1.71 bits per heavy atom. The van der Waals surface area contributed by atoms with Crippen molar-refractivity contribution >= 4 is 0 Å². The van der Waals surface area contributed by atoms with Gasteiger partial charge >= 0.3 is 6.36 Å². The van der Waals surface area contributed by atoms with E-state index in [1.165, 1.54) is 24.3 Å². The van der Waals surface area contributed by atoms with Gasteiger partial charge in [0.1, 0.15) is 5.75 Å². The molecule has 0 heterocycles. The molecular formula is C9H10F3NO. The van der Waals surface area contributed by atoms with Gasteiger partial charge in [0.2, 0.25) is 0 Å². The van der Waals surface area contributed by atoms with Gasteiger partial charge in [0, 0.05) is 6.04 Å². The highest BCUT2D eigenvalue weighted by molar-refractivity contribution is 5.28. The number of hydrogen-bond acceptors (Lipinski definition) is 2. The zero-order valence-corrected chi connectivity index (χ0v) is 7.51. The lowest BCUT2D eigenvalue weighted by molar-refractivity contribution is -0.274. The van der Waals surface area contributed by atoms with Crippen molar-refractivity contribution in [2.45, 2.75) is 19.3 Å². The summed E-state index contributed by atoms with van der Waals surface area (Å²) >= 11 is 0. The minimum absolute atomic E-state index is 0.199. The molecule has 1 rings (SSSR count). The quantitative estimate of drug-likeness (QED) is 0.805. The molecule has 2 N–H and O–H groups in total. The van der Waals surface area contributed by atoms with E-state index in [2.05, 4.69) is 4.74 Å². The molecule has 0 aliphatic heterocycles. The van der Waals surface area contributed by atoms with E-state index in [1.54, 1.807) is 6.92 Å². The maximum Gasteiger partial charge on any atom is 0.573 e. The van der Waals surface area contributed by atoms with E-state index < -0.39 is 6.36 Å². The van der Waals surface area contributed by atoms with E-state index in [4.69, 9.17) is 5.73 Å². The Labute approximate surface area is 79.5 Å². The molecule has 0 unspecified atom stereocenters. The molecule has 78 valence electrons. The van der Waals surface area contributed by atoms with Gasteiger partial charge in [-0.3, -0.25) is 0 Å². The fourth-order valence-electron chi connectivity index (χ4n) is 0.973. The van der Waals surface area contributed by atoms with E-state index >= 15 is 0 Å². The highest BCUT2D eigenvalue weighted by Gasteiger charge is 2.30. The molecule has 0 saturated heterocycles. The molecule has 0 aliphatic rings. The van der Waals surface area contributed by atoms with Crippen LogP contribution in [-0.4, -0.2) is 6.36 Å². The van der Waals surface area contributed by atoms with Crippen molar-refractivity contribution in [3.8, 4) is 5.75 Å². The zero-order chi connectivity index (χ0) is 10.8. The van der Waals surface area contributed by atoms with Gasteiger partial charge in [0.05, 0.1) is 0 Å². The molecule has 5 heteroatoms. The van der Waals surface area contributed by atoms with Crippen molar-refractivity contribution < 1.29 is 17.9 Å². The molecule has 2 nitrogen and oxygen atoms in total. The van der Waals surface area contributed by atoms with Crippen LogP contribution in [0, 0.1) is 0 Å². The van der Waals surface area contributed by atoms with Crippen LogP contribution >= 0.6 is 0 Å². The van der Waals surface area contributed by atoms with Crippen molar-refractivity contribution in [3.05, 3.63) is 29.8 Å². The Morgan fingerprint density at radius 1 is 1.21 bits per heavy atom. The second kappa shape index (κ2) is 3.88. The SMILES string of the molecule is C[C@H](N)c1ccc(OC(F)(F)F)cc1. The Bertz CT molecular complexity index is 292. The standard InChI is InChI=1S/C9H10F3NO/c1-6(13)7-2-4-8(5-3-7)14-9(10,11)12/h2-6H,13H2,1H3/t6-/m0/s1. The fourth-order valence-corrected chi connectivity index (χ4v) is 0.973. The van der Waals surface area contributed by atoms with Crippen LogP contribution in [0.25, 0.3) is 0 Å². The first kappa shape index (κ1) is 10.8. The minimum atomic E-state index is -4.64. The lowest BCUT2D eigenvalue weighted by Gasteiger charge is -2.10. The summed E-state index contributed by atoms with van der Waals surface area (Å²) in [5, 5.41) is 0. The molecule has 0 radical (unpaired) electrons. The predicted molar refractivity (Wildman–Crippen MR) is 45.7 cm³/mol. The summed E-state index contributed by atoms with van der Waals surface area (Å²) in [6.45, 7) is 1.75. The summed E-state index contributed by atoms with van der Waals surface area (Å²) in [5.41, 5.74) is 6.29. The average molecular weight is 205 g/mol. The topological polar surface area (TPSA) is 35.2 Å². The summed E-state index contributed by atoms with van der Waals surface area (Å²) in [6, 6.07) is 5.30. The van der Waals surface area contributed by atoms with Gasteiger partial charge in [-0.1, -0.05) is 12.1 Å². The first-order valence-electron chi connectivity index (χ1n) is 4.00. The maximum absolute atomic E-state index is 11.8. The van der Waals surface area contributed by atoms with E-state index in [-0.39, 0.29) is 11.8 Å². The van der Waals surface area contributed by atoms with Gasteiger partial charge in [0.15, 0.2) is 0 Å². The van der Waals surface area contributed by atoms with Crippen LogP contribution in [0.1, 0.15) is 18.5 Å². The molecule has 1 aromatic rings. The van der Waals surface area contributed by atoms with E-state index in [1.807, 2.05) is 0 Å². The van der Waals surface area contributed by atoms with E-state index in [9.17, 15) is 13.2 Å². The highest BCUT2D eigenvalue weighted by atomic mass is 19.4. The molecule has 1 atom stereocenters. The monoisotopic (exact) mass is 205 g/mol. The molecule has 0 saturated carbocycles. The second-order valence-electron chi connectivity index (χ2n) is 2.91. The lowest BCUT2D eigenvalue weighted by Crippen LogP contribution is -2.17. The first-order valence-corrected chi connectivity index (χ1v) is 4.00. The molecule has 0 aliphatic carbocycles. The van der Waals surface area contributed by atoms with Crippen LogP contribution in [0.3, 0.4) is 0 Å². The Morgan fingerprint density at radius 3 is 2.07 bits per heavy atom. The smallest absolute Gasteiger partial charge is 0.406 e. The van der Waals surface area contributed by atoms with Crippen molar-refractivity contribution in [1.82, 2.24) is 0 Å². The van der Waals surface area contributed by atoms with Gasteiger partial charge in [-0.2, -0.15) is 0 Å². The van der Waals surface area contributed by atoms with Gasteiger partial charge in [-0.25, -0.2) is 0 Å². The number of halogens is 3. The molecule has 0 amide bonds. The molecule has 0 aromatic heterocycles. The Balaban J connectivity index is 2.74. The Hall–Kier alpha value is -1.23. The maximum atomic E-state index is 11.8. The van der Waals surface area contributed by atoms with Gasteiger partial charge < -0.3 is 10.5 Å². The zero-order valence-electron chi connectivity index (χ0n) is 7.51. The summed E-state index contributed by atoms with van der Waals surface area (Å²) in [7, 11) is 0. The predicted octanol–water partition coefficient (Wildman–Crippen LogP) is 2.60. The third kappa shape index (κ3) is 3.26.